The predicted molar refractivity (Wildman–Crippen MR) is 111 cm³/mol. The quantitative estimate of drug-likeness (QED) is 0.594. The molecule has 1 atom stereocenters. The average Bonchev–Trinajstić information content (AvgIpc) is 2.78. The van der Waals surface area contributed by atoms with E-state index in [0.717, 1.165) is 24.3 Å². The molecule has 0 spiro atoms. The third-order valence-corrected chi connectivity index (χ3v) is 9.18. The number of halogens is 1. The molecule has 0 aromatic heterocycles. The molecule has 3 rings (SSSR count). The van der Waals surface area contributed by atoms with Crippen LogP contribution in [0.2, 0.25) is 0 Å². The third kappa shape index (κ3) is 4.73. The van der Waals surface area contributed by atoms with Crippen LogP contribution in [0.3, 0.4) is 0 Å². The SMILES string of the molecule is COc1ccc(S(=O)(=O)N2CCN(C(=O)C(C)S(=O)(=O)c3ccc(F)cc3)CC2)cc1. The molecule has 168 valence electrons. The zero-order chi connectivity index (χ0) is 22.8. The minimum absolute atomic E-state index is 0.0451. The van der Waals surface area contributed by atoms with Crippen LogP contribution in [0.4, 0.5) is 4.39 Å². The Hall–Kier alpha value is -2.50. The molecule has 31 heavy (non-hydrogen) atoms. The van der Waals surface area contributed by atoms with Crippen LogP contribution < -0.4 is 4.74 Å². The Kier molecular flexibility index (Phi) is 6.68. The van der Waals surface area contributed by atoms with Crippen LogP contribution in [0.5, 0.6) is 5.75 Å². The zero-order valence-electron chi connectivity index (χ0n) is 17.1. The van der Waals surface area contributed by atoms with Gasteiger partial charge in [-0.25, -0.2) is 21.2 Å². The second-order valence-electron chi connectivity index (χ2n) is 7.05. The number of ether oxygens (including phenoxy) is 1. The Morgan fingerprint density at radius 3 is 1.94 bits per heavy atom. The number of carbonyl (C=O) groups excluding carboxylic acids is 1. The number of carbonyl (C=O) groups is 1. The van der Waals surface area contributed by atoms with Gasteiger partial charge in [-0.2, -0.15) is 4.31 Å². The summed E-state index contributed by atoms with van der Waals surface area (Å²) in [6.07, 6.45) is 0. The molecule has 0 N–H and O–H groups in total. The van der Waals surface area contributed by atoms with E-state index in [-0.39, 0.29) is 36.0 Å². The summed E-state index contributed by atoms with van der Waals surface area (Å²) in [6, 6.07) is 10.3. The molecular weight excluding hydrogens is 447 g/mol. The summed E-state index contributed by atoms with van der Waals surface area (Å²) < 4.78 is 70.4. The molecule has 8 nitrogen and oxygen atoms in total. The minimum Gasteiger partial charge on any atom is -0.497 e. The van der Waals surface area contributed by atoms with E-state index in [1.807, 2.05) is 0 Å². The van der Waals surface area contributed by atoms with Crippen LogP contribution in [0.1, 0.15) is 6.92 Å². The van der Waals surface area contributed by atoms with Gasteiger partial charge in [-0.1, -0.05) is 0 Å². The van der Waals surface area contributed by atoms with Gasteiger partial charge in [0.25, 0.3) is 0 Å². The fourth-order valence-electron chi connectivity index (χ4n) is 3.26. The lowest BCUT2D eigenvalue weighted by atomic mass is 10.3. The van der Waals surface area contributed by atoms with Crippen molar-refractivity contribution in [2.24, 2.45) is 0 Å². The Morgan fingerprint density at radius 1 is 0.903 bits per heavy atom. The Balaban J connectivity index is 1.68. The molecule has 1 fully saturated rings. The van der Waals surface area contributed by atoms with Gasteiger partial charge in [0.05, 0.1) is 16.9 Å². The maximum Gasteiger partial charge on any atom is 0.243 e. The lowest BCUT2D eigenvalue weighted by molar-refractivity contribution is -0.131. The van der Waals surface area contributed by atoms with E-state index in [1.54, 1.807) is 12.1 Å². The van der Waals surface area contributed by atoms with Gasteiger partial charge in [-0.3, -0.25) is 4.79 Å². The lowest BCUT2D eigenvalue weighted by Gasteiger charge is -2.35. The van der Waals surface area contributed by atoms with Gasteiger partial charge in [0, 0.05) is 26.2 Å². The van der Waals surface area contributed by atoms with E-state index in [9.17, 15) is 26.0 Å². The summed E-state index contributed by atoms with van der Waals surface area (Å²) >= 11 is 0. The Bertz CT molecular complexity index is 1140. The molecule has 2 aromatic rings. The highest BCUT2D eigenvalue weighted by Gasteiger charge is 2.36. The van der Waals surface area contributed by atoms with Gasteiger partial charge in [-0.15, -0.1) is 0 Å². The Morgan fingerprint density at radius 2 is 1.42 bits per heavy atom. The van der Waals surface area contributed by atoms with E-state index in [4.69, 9.17) is 4.74 Å². The van der Waals surface area contributed by atoms with Crippen molar-refractivity contribution >= 4 is 25.8 Å². The third-order valence-electron chi connectivity index (χ3n) is 5.20. The molecular formula is C20H23FN2O6S2. The molecule has 0 radical (unpaired) electrons. The van der Waals surface area contributed by atoms with Gasteiger partial charge in [0.15, 0.2) is 9.84 Å². The fourth-order valence-corrected chi connectivity index (χ4v) is 6.02. The van der Waals surface area contributed by atoms with Crippen molar-refractivity contribution in [3.8, 4) is 5.75 Å². The van der Waals surface area contributed by atoms with Gasteiger partial charge in [-0.05, 0) is 55.5 Å². The van der Waals surface area contributed by atoms with Crippen molar-refractivity contribution in [3.63, 3.8) is 0 Å². The summed E-state index contributed by atoms with van der Waals surface area (Å²) in [5, 5.41) is -1.37. The molecule has 0 saturated carbocycles. The van der Waals surface area contributed by atoms with Crippen LogP contribution in [-0.2, 0) is 24.7 Å². The van der Waals surface area contributed by atoms with E-state index < -0.39 is 36.8 Å². The number of sulfone groups is 1. The van der Waals surface area contributed by atoms with E-state index in [0.29, 0.717) is 5.75 Å². The summed E-state index contributed by atoms with van der Waals surface area (Å²) in [6.45, 7) is 1.50. The molecule has 1 aliphatic rings. The number of rotatable bonds is 6. The fraction of sp³-hybridized carbons (Fsp3) is 0.350. The average molecular weight is 471 g/mol. The topological polar surface area (TPSA) is 101 Å². The number of benzene rings is 2. The maximum absolute atomic E-state index is 13.1. The van der Waals surface area contributed by atoms with Crippen LogP contribution in [0.25, 0.3) is 0 Å². The first-order valence-electron chi connectivity index (χ1n) is 9.50. The molecule has 0 aliphatic carbocycles. The van der Waals surface area contributed by atoms with Gasteiger partial charge < -0.3 is 9.64 Å². The number of methoxy groups -OCH3 is 1. The van der Waals surface area contributed by atoms with Crippen LogP contribution in [0.15, 0.2) is 58.3 Å². The highest BCUT2D eigenvalue weighted by molar-refractivity contribution is 7.92. The maximum atomic E-state index is 13.1. The van der Waals surface area contributed by atoms with Crippen molar-refractivity contribution < 1.29 is 30.8 Å². The normalized spacial score (nSPS) is 16.7. The van der Waals surface area contributed by atoms with Gasteiger partial charge >= 0.3 is 0 Å². The molecule has 1 amide bonds. The monoisotopic (exact) mass is 470 g/mol. The standard InChI is InChI=1S/C20H23FN2O6S2/c1-15(30(25,26)18-7-3-16(21)4-8-18)20(24)22-11-13-23(14-12-22)31(27,28)19-9-5-17(29-2)6-10-19/h3-10,15H,11-14H2,1-2H3. The van der Waals surface area contributed by atoms with Gasteiger partial charge in [0.1, 0.15) is 16.8 Å². The number of hydrogen-bond acceptors (Lipinski definition) is 6. The number of nitrogens with zero attached hydrogens (tertiary/aromatic N) is 2. The van der Waals surface area contributed by atoms with Gasteiger partial charge in [0.2, 0.25) is 15.9 Å². The largest absolute Gasteiger partial charge is 0.497 e. The predicted octanol–water partition coefficient (Wildman–Crippen LogP) is 1.53. The molecule has 1 saturated heterocycles. The number of hydrogen-bond donors (Lipinski definition) is 0. The van der Waals surface area contributed by atoms with Crippen LogP contribution in [0, 0.1) is 5.82 Å². The molecule has 1 heterocycles. The first kappa shape index (κ1) is 23.2. The zero-order valence-corrected chi connectivity index (χ0v) is 18.7. The molecule has 2 aromatic carbocycles. The number of sulfonamides is 1. The smallest absolute Gasteiger partial charge is 0.243 e. The Labute approximate surface area is 181 Å². The first-order valence-corrected chi connectivity index (χ1v) is 12.5. The molecule has 1 aliphatic heterocycles. The van der Waals surface area contributed by atoms with E-state index in [1.165, 1.54) is 35.4 Å². The minimum atomic E-state index is -4.00. The highest BCUT2D eigenvalue weighted by atomic mass is 32.2. The highest BCUT2D eigenvalue weighted by Crippen LogP contribution is 2.22. The second-order valence-corrected chi connectivity index (χ2v) is 11.3. The van der Waals surface area contributed by atoms with E-state index in [2.05, 4.69) is 0 Å². The number of piperazine rings is 1. The molecule has 11 heteroatoms. The second kappa shape index (κ2) is 8.93. The van der Waals surface area contributed by atoms with Crippen molar-refractivity contribution in [3.05, 3.63) is 54.3 Å². The molecule has 1 unspecified atom stereocenters. The summed E-state index contributed by atoms with van der Waals surface area (Å²) in [5.74, 6) is -0.663. The van der Waals surface area contributed by atoms with Crippen molar-refractivity contribution in [2.75, 3.05) is 33.3 Å². The summed E-state index contributed by atoms with van der Waals surface area (Å²) in [7, 11) is -6.26. The van der Waals surface area contributed by atoms with E-state index >= 15 is 0 Å². The number of amides is 1. The van der Waals surface area contributed by atoms with Crippen molar-refractivity contribution in [1.29, 1.82) is 0 Å². The molecule has 0 bridgehead atoms. The lowest BCUT2D eigenvalue weighted by Crippen LogP contribution is -2.53. The van der Waals surface area contributed by atoms with Crippen molar-refractivity contribution in [2.45, 2.75) is 22.0 Å². The summed E-state index contributed by atoms with van der Waals surface area (Å²) in [4.78, 5) is 14.1. The van der Waals surface area contributed by atoms with Crippen LogP contribution >= 0.6 is 0 Å². The summed E-state index contributed by atoms with van der Waals surface area (Å²) in [5.41, 5.74) is 0. The van der Waals surface area contributed by atoms with Crippen molar-refractivity contribution in [1.82, 2.24) is 9.21 Å². The van der Waals surface area contributed by atoms with Crippen LogP contribution in [-0.4, -0.2) is 70.5 Å². The first-order chi connectivity index (χ1) is 14.6.